The molecule has 0 saturated heterocycles. The smallest absolute Gasteiger partial charge is 0.264 e. The molecule has 1 aliphatic heterocycles. The molecule has 8 heteroatoms. The SMILES string of the molecule is Nc1cc(Oc2ccc3nc(-c4cnc5n(c4=O)CCCN5)ccc3c2)ccn1. The Morgan fingerprint density at radius 3 is 2.86 bits per heavy atom. The summed E-state index contributed by atoms with van der Waals surface area (Å²) in [4.78, 5) is 25.8. The van der Waals surface area contributed by atoms with Gasteiger partial charge >= 0.3 is 0 Å². The van der Waals surface area contributed by atoms with Gasteiger partial charge in [0.15, 0.2) is 0 Å². The summed E-state index contributed by atoms with van der Waals surface area (Å²) in [5.41, 5.74) is 7.48. The van der Waals surface area contributed by atoms with E-state index in [9.17, 15) is 4.79 Å². The van der Waals surface area contributed by atoms with Gasteiger partial charge in [0.2, 0.25) is 5.95 Å². The number of hydrogen-bond donors (Lipinski definition) is 2. The van der Waals surface area contributed by atoms with E-state index in [1.54, 1.807) is 29.1 Å². The van der Waals surface area contributed by atoms with Gasteiger partial charge in [-0.3, -0.25) is 9.36 Å². The number of benzene rings is 1. The lowest BCUT2D eigenvalue weighted by Crippen LogP contribution is -2.30. The minimum atomic E-state index is -0.0794. The van der Waals surface area contributed by atoms with E-state index in [1.165, 1.54) is 0 Å². The summed E-state index contributed by atoms with van der Waals surface area (Å²) in [6.45, 7) is 1.49. The van der Waals surface area contributed by atoms with Gasteiger partial charge in [0, 0.05) is 36.9 Å². The molecule has 1 aliphatic rings. The number of hydrogen-bond acceptors (Lipinski definition) is 7. The zero-order valence-electron chi connectivity index (χ0n) is 15.5. The monoisotopic (exact) mass is 386 g/mol. The summed E-state index contributed by atoms with van der Waals surface area (Å²) < 4.78 is 7.51. The number of nitrogens with one attached hydrogen (secondary N) is 1. The normalized spacial score (nSPS) is 13.0. The predicted molar refractivity (Wildman–Crippen MR) is 111 cm³/mol. The van der Waals surface area contributed by atoms with Crippen LogP contribution in [0.25, 0.3) is 22.2 Å². The number of nitrogens with two attached hydrogens (primary N) is 1. The van der Waals surface area contributed by atoms with Crippen LogP contribution in [0.15, 0.2) is 59.7 Å². The fourth-order valence-corrected chi connectivity index (χ4v) is 3.40. The molecule has 0 bridgehead atoms. The molecule has 0 spiro atoms. The molecular formula is C21H18N6O2. The molecule has 0 aliphatic carbocycles. The highest BCUT2D eigenvalue weighted by Gasteiger charge is 2.15. The van der Waals surface area contributed by atoms with Gasteiger partial charge in [0.1, 0.15) is 17.3 Å². The van der Waals surface area contributed by atoms with Crippen molar-refractivity contribution in [2.75, 3.05) is 17.6 Å². The number of anilines is 2. The first-order valence-corrected chi connectivity index (χ1v) is 9.32. The van der Waals surface area contributed by atoms with Crippen molar-refractivity contribution in [2.45, 2.75) is 13.0 Å². The molecule has 5 rings (SSSR count). The molecule has 0 radical (unpaired) electrons. The van der Waals surface area contributed by atoms with E-state index in [0.717, 1.165) is 23.9 Å². The largest absolute Gasteiger partial charge is 0.457 e. The van der Waals surface area contributed by atoms with E-state index >= 15 is 0 Å². The van der Waals surface area contributed by atoms with Gasteiger partial charge in [-0.05, 0) is 36.8 Å². The average Bonchev–Trinajstić information content (AvgIpc) is 2.74. The molecule has 1 aromatic carbocycles. The van der Waals surface area contributed by atoms with E-state index in [-0.39, 0.29) is 5.56 Å². The maximum absolute atomic E-state index is 12.8. The quantitative estimate of drug-likeness (QED) is 0.557. The lowest BCUT2D eigenvalue weighted by atomic mass is 10.1. The number of fused-ring (bicyclic) bond motifs is 2. The molecule has 29 heavy (non-hydrogen) atoms. The maximum atomic E-state index is 12.8. The van der Waals surface area contributed by atoms with Crippen LogP contribution in [0.1, 0.15) is 6.42 Å². The first-order valence-electron chi connectivity index (χ1n) is 9.32. The minimum Gasteiger partial charge on any atom is -0.457 e. The van der Waals surface area contributed by atoms with E-state index in [2.05, 4.69) is 20.3 Å². The number of nitrogens with zero attached hydrogens (tertiary/aromatic N) is 4. The lowest BCUT2D eigenvalue weighted by molar-refractivity contribution is 0.483. The van der Waals surface area contributed by atoms with Crippen LogP contribution in [0.3, 0.4) is 0 Å². The van der Waals surface area contributed by atoms with Crippen molar-refractivity contribution in [3.05, 3.63) is 65.2 Å². The maximum Gasteiger partial charge on any atom is 0.264 e. The van der Waals surface area contributed by atoms with E-state index in [4.69, 9.17) is 10.5 Å². The Balaban J connectivity index is 1.49. The molecule has 3 N–H and O–H groups in total. The highest BCUT2D eigenvalue weighted by atomic mass is 16.5. The Kier molecular flexibility index (Phi) is 4.09. The van der Waals surface area contributed by atoms with Crippen LogP contribution in [-0.4, -0.2) is 26.1 Å². The van der Waals surface area contributed by atoms with Crippen molar-refractivity contribution in [3.63, 3.8) is 0 Å². The van der Waals surface area contributed by atoms with Crippen molar-refractivity contribution >= 4 is 22.7 Å². The molecule has 0 unspecified atom stereocenters. The standard InChI is InChI=1S/C21H18N6O2/c22-19-11-15(6-8-23-19)29-14-3-5-17-13(10-14)2-4-18(26-17)16-12-25-21-24-7-1-9-27(21)20(16)28/h2-6,8,10-12H,1,7,9H2,(H2,22,23)(H,24,25). The zero-order chi connectivity index (χ0) is 19.8. The first-order chi connectivity index (χ1) is 14.2. The Hall–Kier alpha value is -3.94. The Labute approximate surface area is 166 Å². The van der Waals surface area contributed by atoms with Crippen LogP contribution in [0, 0.1) is 0 Å². The minimum absolute atomic E-state index is 0.0794. The van der Waals surface area contributed by atoms with Crippen LogP contribution >= 0.6 is 0 Å². The van der Waals surface area contributed by atoms with Gasteiger partial charge < -0.3 is 15.8 Å². The second kappa shape index (κ2) is 6.90. The van der Waals surface area contributed by atoms with Crippen LogP contribution in [0.5, 0.6) is 11.5 Å². The number of pyridine rings is 2. The summed E-state index contributed by atoms with van der Waals surface area (Å²) in [6.07, 6.45) is 4.08. The number of rotatable bonds is 3. The zero-order valence-corrected chi connectivity index (χ0v) is 15.5. The average molecular weight is 386 g/mol. The molecular weight excluding hydrogens is 368 g/mol. The molecule has 3 aromatic heterocycles. The fraction of sp³-hybridized carbons (Fsp3) is 0.143. The predicted octanol–water partition coefficient (Wildman–Crippen LogP) is 3.04. The molecule has 4 aromatic rings. The van der Waals surface area contributed by atoms with Gasteiger partial charge in [-0.15, -0.1) is 0 Å². The summed E-state index contributed by atoms with van der Waals surface area (Å²) in [5.74, 6) is 2.29. The first kappa shape index (κ1) is 17.2. The van der Waals surface area contributed by atoms with Crippen molar-refractivity contribution < 1.29 is 4.74 Å². The van der Waals surface area contributed by atoms with Crippen LogP contribution in [0.4, 0.5) is 11.8 Å². The highest BCUT2D eigenvalue weighted by Crippen LogP contribution is 2.27. The fourth-order valence-electron chi connectivity index (χ4n) is 3.40. The Morgan fingerprint density at radius 2 is 1.97 bits per heavy atom. The summed E-state index contributed by atoms with van der Waals surface area (Å²) in [5, 5.41) is 4.05. The third kappa shape index (κ3) is 3.25. The third-order valence-corrected chi connectivity index (χ3v) is 4.81. The Bertz CT molecular complexity index is 1280. The Morgan fingerprint density at radius 1 is 1.07 bits per heavy atom. The van der Waals surface area contributed by atoms with Gasteiger partial charge in [-0.1, -0.05) is 6.07 Å². The van der Waals surface area contributed by atoms with Crippen molar-refractivity contribution in [1.82, 2.24) is 19.5 Å². The number of nitrogen functional groups attached to an aromatic ring is 1. The molecule has 0 atom stereocenters. The van der Waals surface area contributed by atoms with Crippen LogP contribution in [0.2, 0.25) is 0 Å². The van der Waals surface area contributed by atoms with E-state index in [1.807, 2.05) is 30.3 Å². The summed E-state index contributed by atoms with van der Waals surface area (Å²) in [7, 11) is 0. The van der Waals surface area contributed by atoms with Crippen molar-refractivity contribution in [2.24, 2.45) is 0 Å². The topological polar surface area (TPSA) is 108 Å². The third-order valence-electron chi connectivity index (χ3n) is 4.81. The summed E-state index contributed by atoms with van der Waals surface area (Å²) in [6, 6.07) is 12.8. The molecule has 4 heterocycles. The van der Waals surface area contributed by atoms with Gasteiger partial charge in [0.25, 0.3) is 5.56 Å². The number of ether oxygens (including phenoxy) is 1. The summed E-state index contributed by atoms with van der Waals surface area (Å²) >= 11 is 0. The van der Waals surface area contributed by atoms with E-state index < -0.39 is 0 Å². The molecule has 0 amide bonds. The highest BCUT2D eigenvalue weighted by molar-refractivity contribution is 5.82. The van der Waals surface area contributed by atoms with Crippen molar-refractivity contribution in [3.8, 4) is 22.8 Å². The molecule has 0 fully saturated rings. The van der Waals surface area contributed by atoms with Crippen LogP contribution < -0.4 is 21.3 Å². The second-order valence-electron chi connectivity index (χ2n) is 6.80. The second-order valence-corrected chi connectivity index (χ2v) is 6.80. The van der Waals surface area contributed by atoms with Crippen LogP contribution in [-0.2, 0) is 6.54 Å². The molecule has 8 nitrogen and oxygen atoms in total. The van der Waals surface area contributed by atoms with Gasteiger partial charge in [0.05, 0.1) is 16.8 Å². The number of aromatic nitrogens is 4. The van der Waals surface area contributed by atoms with Gasteiger partial charge in [-0.2, -0.15) is 0 Å². The lowest BCUT2D eigenvalue weighted by Gasteiger charge is -2.19. The van der Waals surface area contributed by atoms with E-state index in [0.29, 0.717) is 41.1 Å². The molecule has 144 valence electrons. The van der Waals surface area contributed by atoms with Gasteiger partial charge in [-0.25, -0.2) is 15.0 Å². The van der Waals surface area contributed by atoms with Crippen molar-refractivity contribution in [1.29, 1.82) is 0 Å². The molecule has 0 saturated carbocycles.